The number of nitrogens with zero attached hydrogens (tertiary/aromatic N) is 1. The zero-order valence-electron chi connectivity index (χ0n) is 15.1. The van der Waals surface area contributed by atoms with Crippen LogP contribution in [0.5, 0.6) is 5.88 Å². The first-order chi connectivity index (χ1) is 11.5. The van der Waals surface area contributed by atoms with E-state index in [0.29, 0.717) is 12.1 Å². The molecule has 0 atom stereocenters. The van der Waals surface area contributed by atoms with Crippen molar-refractivity contribution in [3.8, 4) is 5.88 Å². The number of rotatable bonds is 12. The van der Waals surface area contributed by atoms with E-state index in [9.17, 15) is 14.7 Å². The maximum absolute atomic E-state index is 12.2. The summed E-state index contributed by atoms with van der Waals surface area (Å²) >= 11 is 0. The van der Waals surface area contributed by atoms with E-state index in [4.69, 9.17) is 5.73 Å². The van der Waals surface area contributed by atoms with Gasteiger partial charge in [-0.1, -0.05) is 64.7 Å². The van der Waals surface area contributed by atoms with Gasteiger partial charge in [0.1, 0.15) is 5.56 Å². The van der Waals surface area contributed by atoms with Crippen molar-refractivity contribution < 1.29 is 9.90 Å². The van der Waals surface area contributed by atoms with Gasteiger partial charge in [-0.15, -0.1) is 0 Å². The van der Waals surface area contributed by atoms with Gasteiger partial charge < -0.3 is 10.8 Å². The Morgan fingerprint density at radius 1 is 1.04 bits per heavy atom. The number of carbonyl (C=O) groups excluding carboxylic acids is 1. The molecule has 136 valence electrons. The van der Waals surface area contributed by atoms with Gasteiger partial charge in [0.05, 0.1) is 0 Å². The fourth-order valence-electron chi connectivity index (χ4n) is 3.02. The van der Waals surface area contributed by atoms with Crippen molar-refractivity contribution in [2.45, 2.75) is 84.6 Å². The Balaban J connectivity index is 2.35. The topological polar surface area (TPSA) is 85.3 Å². The number of aryl methyl sites for hydroxylation is 1. The number of aromatic hydroxyl groups is 1. The Kier molecular flexibility index (Phi) is 9.20. The first kappa shape index (κ1) is 20.3. The molecule has 0 fully saturated rings. The molecule has 5 heteroatoms. The summed E-state index contributed by atoms with van der Waals surface area (Å²) in [6.45, 7) is 4.25. The lowest BCUT2D eigenvalue weighted by Gasteiger charge is -2.11. The van der Waals surface area contributed by atoms with Gasteiger partial charge in [-0.3, -0.25) is 14.2 Å². The molecular weight excluding hydrogens is 304 g/mol. The van der Waals surface area contributed by atoms with Crippen LogP contribution in [-0.4, -0.2) is 15.6 Å². The maximum Gasteiger partial charge on any atom is 0.266 e. The molecule has 0 saturated carbocycles. The van der Waals surface area contributed by atoms with Crippen molar-refractivity contribution in [3.63, 3.8) is 0 Å². The van der Waals surface area contributed by atoms with Crippen LogP contribution in [0.25, 0.3) is 0 Å². The van der Waals surface area contributed by atoms with Crippen LogP contribution in [0, 0.1) is 6.92 Å². The number of primary amides is 1. The number of hydrogen-bond donors (Lipinski definition) is 2. The molecule has 1 heterocycles. The first-order valence-electron chi connectivity index (χ1n) is 9.22. The van der Waals surface area contributed by atoms with Gasteiger partial charge in [0, 0.05) is 12.6 Å². The SMILES string of the molecule is CCCCCCCCCCCCn1c(O)cc(C)c(C(N)=O)c1=O. The van der Waals surface area contributed by atoms with E-state index in [0.717, 1.165) is 19.3 Å². The lowest BCUT2D eigenvalue weighted by molar-refractivity contribution is 0.0997. The number of nitrogens with two attached hydrogens (primary N) is 1. The second-order valence-corrected chi connectivity index (χ2v) is 6.56. The number of amides is 1. The number of unbranched alkanes of at least 4 members (excludes halogenated alkanes) is 9. The molecule has 0 aliphatic rings. The van der Waals surface area contributed by atoms with Crippen LogP contribution in [-0.2, 0) is 6.54 Å². The third-order valence-corrected chi connectivity index (χ3v) is 4.46. The molecule has 0 aromatic carbocycles. The Morgan fingerprint density at radius 3 is 2.04 bits per heavy atom. The summed E-state index contributed by atoms with van der Waals surface area (Å²) in [7, 11) is 0. The third kappa shape index (κ3) is 6.38. The third-order valence-electron chi connectivity index (χ3n) is 4.46. The van der Waals surface area contributed by atoms with Crippen molar-refractivity contribution >= 4 is 5.91 Å². The largest absolute Gasteiger partial charge is 0.494 e. The molecule has 0 unspecified atom stereocenters. The van der Waals surface area contributed by atoms with Crippen LogP contribution in [0.15, 0.2) is 10.9 Å². The summed E-state index contributed by atoms with van der Waals surface area (Å²) in [6.07, 6.45) is 12.0. The standard InChI is InChI=1S/C19H32N2O3/c1-3-4-5-6-7-8-9-10-11-12-13-21-16(22)14-15(2)17(18(20)23)19(21)24/h14,22H,3-13H2,1-2H3,(H2,20,23). The Hall–Kier alpha value is -1.78. The molecule has 1 rings (SSSR count). The minimum absolute atomic E-state index is 0.0279. The fourth-order valence-corrected chi connectivity index (χ4v) is 3.02. The van der Waals surface area contributed by atoms with Gasteiger partial charge in [0.2, 0.25) is 0 Å². The summed E-state index contributed by atoms with van der Waals surface area (Å²) in [5, 5.41) is 9.93. The van der Waals surface area contributed by atoms with E-state index >= 15 is 0 Å². The number of aromatic nitrogens is 1. The Morgan fingerprint density at radius 2 is 1.54 bits per heavy atom. The van der Waals surface area contributed by atoms with Crippen LogP contribution < -0.4 is 11.3 Å². The van der Waals surface area contributed by atoms with Gasteiger partial charge in [-0.05, 0) is 18.9 Å². The van der Waals surface area contributed by atoms with Gasteiger partial charge in [0.15, 0.2) is 5.88 Å². The molecule has 5 nitrogen and oxygen atoms in total. The minimum Gasteiger partial charge on any atom is -0.494 e. The first-order valence-corrected chi connectivity index (χ1v) is 9.22. The molecule has 0 saturated heterocycles. The van der Waals surface area contributed by atoms with Gasteiger partial charge >= 0.3 is 0 Å². The van der Waals surface area contributed by atoms with Gasteiger partial charge in [-0.2, -0.15) is 0 Å². The van der Waals surface area contributed by atoms with Crippen molar-refractivity contribution in [1.82, 2.24) is 4.57 Å². The minimum atomic E-state index is -0.741. The molecule has 1 aromatic rings. The predicted octanol–water partition coefficient (Wildman–Crippen LogP) is 3.88. The van der Waals surface area contributed by atoms with Crippen molar-refractivity contribution in [3.05, 3.63) is 27.5 Å². The molecule has 3 N–H and O–H groups in total. The van der Waals surface area contributed by atoms with E-state index in [1.165, 1.54) is 55.6 Å². The van der Waals surface area contributed by atoms with Crippen molar-refractivity contribution in [1.29, 1.82) is 0 Å². The number of pyridine rings is 1. The lowest BCUT2D eigenvalue weighted by Crippen LogP contribution is -2.30. The molecule has 0 aliphatic carbocycles. The quantitative estimate of drug-likeness (QED) is 0.568. The number of hydrogen-bond acceptors (Lipinski definition) is 3. The van der Waals surface area contributed by atoms with Crippen LogP contribution >= 0.6 is 0 Å². The lowest BCUT2D eigenvalue weighted by atomic mass is 10.1. The van der Waals surface area contributed by atoms with E-state index in [1.54, 1.807) is 6.92 Å². The summed E-state index contributed by atoms with van der Waals surface area (Å²) < 4.78 is 1.25. The van der Waals surface area contributed by atoms with E-state index in [-0.39, 0.29) is 11.4 Å². The summed E-state index contributed by atoms with van der Waals surface area (Å²) in [5.74, 6) is -0.840. The average molecular weight is 336 g/mol. The van der Waals surface area contributed by atoms with Crippen molar-refractivity contribution in [2.75, 3.05) is 0 Å². The monoisotopic (exact) mass is 336 g/mol. The summed E-state index contributed by atoms with van der Waals surface area (Å²) in [6, 6.07) is 1.43. The van der Waals surface area contributed by atoms with Crippen LogP contribution in [0.4, 0.5) is 0 Å². The highest BCUT2D eigenvalue weighted by molar-refractivity contribution is 5.93. The molecule has 0 bridgehead atoms. The highest BCUT2D eigenvalue weighted by Gasteiger charge is 2.15. The predicted molar refractivity (Wildman–Crippen MR) is 97.5 cm³/mol. The second kappa shape index (κ2) is 10.9. The average Bonchev–Trinajstić information content (AvgIpc) is 2.51. The van der Waals surface area contributed by atoms with Crippen LogP contribution in [0.3, 0.4) is 0 Å². The van der Waals surface area contributed by atoms with E-state index < -0.39 is 11.5 Å². The smallest absolute Gasteiger partial charge is 0.266 e. The Labute approximate surface area is 144 Å². The van der Waals surface area contributed by atoms with Crippen LogP contribution in [0.1, 0.15) is 87.1 Å². The Bertz CT molecular complexity index is 579. The molecule has 0 spiro atoms. The second-order valence-electron chi connectivity index (χ2n) is 6.56. The highest BCUT2D eigenvalue weighted by atomic mass is 16.3. The molecule has 0 radical (unpaired) electrons. The van der Waals surface area contributed by atoms with Crippen LogP contribution in [0.2, 0.25) is 0 Å². The number of carbonyl (C=O) groups is 1. The molecule has 1 aromatic heterocycles. The maximum atomic E-state index is 12.2. The van der Waals surface area contributed by atoms with Crippen molar-refractivity contribution in [2.24, 2.45) is 5.73 Å². The molecule has 1 amide bonds. The zero-order valence-corrected chi connectivity index (χ0v) is 15.1. The van der Waals surface area contributed by atoms with Gasteiger partial charge in [-0.25, -0.2) is 0 Å². The van der Waals surface area contributed by atoms with E-state index in [2.05, 4.69) is 6.92 Å². The normalized spacial score (nSPS) is 10.9. The molecule has 24 heavy (non-hydrogen) atoms. The molecular formula is C19H32N2O3. The van der Waals surface area contributed by atoms with Gasteiger partial charge in [0.25, 0.3) is 11.5 Å². The molecule has 0 aliphatic heterocycles. The highest BCUT2D eigenvalue weighted by Crippen LogP contribution is 2.15. The zero-order chi connectivity index (χ0) is 17.9. The summed E-state index contributed by atoms with van der Waals surface area (Å²) in [5.41, 5.74) is 5.16. The van der Waals surface area contributed by atoms with E-state index in [1.807, 2.05) is 0 Å². The summed E-state index contributed by atoms with van der Waals surface area (Å²) in [4.78, 5) is 23.6. The fraction of sp³-hybridized carbons (Fsp3) is 0.684.